The van der Waals surface area contributed by atoms with E-state index >= 15 is 0 Å². The van der Waals surface area contributed by atoms with Gasteiger partial charge >= 0.3 is 0 Å². The molecule has 0 aromatic heterocycles. The predicted molar refractivity (Wildman–Crippen MR) is 94.6 cm³/mol. The lowest BCUT2D eigenvalue weighted by Gasteiger charge is -2.07. The zero-order chi connectivity index (χ0) is 16.8. The van der Waals surface area contributed by atoms with E-state index in [1.807, 2.05) is 32.0 Å². The van der Waals surface area contributed by atoms with Crippen LogP contribution in [0.1, 0.15) is 16.7 Å². The van der Waals surface area contributed by atoms with E-state index in [1.165, 1.54) is 11.8 Å². The molecule has 0 aliphatic heterocycles. The minimum absolute atomic E-state index is 0.193. The van der Waals surface area contributed by atoms with Crippen LogP contribution in [0.3, 0.4) is 0 Å². The van der Waals surface area contributed by atoms with Crippen molar-refractivity contribution in [2.45, 2.75) is 13.8 Å². The van der Waals surface area contributed by atoms with Crippen LogP contribution in [0, 0.1) is 13.8 Å². The third-order valence-electron chi connectivity index (χ3n) is 3.23. The zero-order valence-electron chi connectivity index (χ0n) is 12.8. The molecule has 1 amide bonds. The Hall–Kier alpha value is -2.04. The molecule has 0 radical (unpaired) electrons. The molecule has 4 nitrogen and oxygen atoms in total. The smallest absolute Gasteiger partial charge is 0.265 e. The molecule has 6 heteroatoms. The number of hydrogen-bond acceptors (Lipinski definition) is 3. The maximum atomic E-state index is 11.8. The minimum Gasteiger partial charge on any atom is -0.386 e. The first-order chi connectivity index (χ1) is 11.0. The second-order valence-corrected chi connectivity index (χ2v) is 5.78. The largest absolute Gasteiger partial charge is 0.386 e. The first kappa shape index (κ1) is 17.3. The number of hydrogen-bond donors (Lipinski definition) is 1. The van der Waals surface area contributed by atoms with Gasteiger partial charge in [0.1, 0.15) is 0 Å². The number of halogens is 2. The highest BCUT2D eigenvalue weighted by Gasteiger charge is 2.04. The normalized spacial score (nSPS) is 10.8. The van der Waals surface area contributed by atoms with Gasteiger partial charge in [-0.2, -0.15) is 0 Å². The first-order valence-corrected chi connectivity index (χ1v) is 7.69. The van der Waals surface area contributed by atoms with Crippen LogP contribution in [0.15, 0.2) is 41.6 Å². The van der Waals surface area contributed by atoms with E-state index in [0.717, 1.165) is 11.3 Å². The van der Waals surface area contributed by atoms with Crippen molar-refractivity contribution in [1.82, 2.24) is 0 Å². The van der Waals surface area contributed by atoms with Crippen molar-refractivity contribution >= 4 is 41.0 Å². The summed E-state index contributed by atoms with van der Waals surface area (Å²) in [5.74, 6) is -0.289. The highest BCUT2D eigenvalue weighted by atomic mass is 35.5. The van der Waals surface area contributed by atoms with Gasteiger partial charge in [-0.25, -0.2) is 0 Å². The molecule has 0 aliphatic carbocycles. The van der Waals surface area contributed by atoms with Crippen LogP contribution in [-0.4, -0.2) is 18.7 Å². The molecule has 0 bridgehead atoms. The number of carbonyl (C=O) groups is 1. The van der Waals surface area contributed by atoms with Crippen LogP contribution in [0.25, 0.3) is 0 Å². The van der Waals surface area contributed by atoms with Gasteiger partial charge < -0.3 is 10.2 Å². The summed E-state index contributed by atoms with van der Waals surface area (Å²) in [6.45, 7) is 3.81. The fourth-order valence-electron chi connectivity index (χ4n) is 1.83. The van der Waals surface area contributed by atoms with E-state index in [9.17, 15) is 4.79 Å². The van der Waals surface area contributed by atoms with Crippen LogP contribution < -0.4 is 5.32 Å². The van der Waals surface area contributed by atoms with Crippen LogP contribution in [-0.2, 0) is 9.63 Å². The van der Waals surface area contributed by atoms with Gasteiger partial charge in [-0.1, -0.05) is 46.6 Å². The molecule has 0 saturated heterocycles. The van der Waals surface area contributed by atoms with Crippen LogP contribution in [0.2, 0.25) is 10.0 Å². The molecule has 1 N–H and O–H groups in total. The monoisotopic (exact) mass is 350 g/mol. The summed E-state index contributed by atoms with van der Waals surface area (Å²) in [5.41, 5.74) is 3.62. The SMILES string of the molecule is Cc1ccc(NC(=O)CO/N=C\c2cccc(Cl)c2Cl)cc1C. The Labute approximate surface area is 145 Å². The number of amides is 1. The van der Waals surface area contributed by atoms with Crippen molar-refractivity contribution in [2.75, 3.05) is 11.9 Å². The number of carbonyl (C=O) groups excluding carboxylic acids is 1. The van der Waals surface area contributed by atoms with Gasteiger partial charge in [-0.05, 0) is 43.2 Å². The number of rotatable bonds is 5. The topological polar surface area (TPSA) is 50.7 Å². The number of anilines is 1. The second kappa shape index (κ2) is 7.99. The average Bonchev–Trinajstić information content (AvgIpc) is 2.51. The lowest BCUT2D eigenvalue weighted by atomic mass is 10.1. The molecule has 2 aromatic rings. The fraction of sp³-hybridized carbons (Fsp3) is 0.176. The molecule has 23 heavy (non-hydrogen) atoms. The molecule has 0 aliphatic rings. The van der Waals surface area contributed by atoms with E-state index in [1.54, 1.807) is 18.2 Å². The Morgan fingerprint density at radius 1 is 1.22 bits per heavy atom. The number of nitrogens with zero attached hydrogens (tertiary/aromatic N) is 1. The van der Waals surface area contributed by atoms with Crippen molar-refractivity contribution < 1.29 is 9.63 Å². The molecule has 2 aromatic carbocycles. The fourth-order valence-corrected chi connectivity index (χ4v) is 2.18. The number of nitrogens with one attached hydrogen (secondary N) is 1. The third-order valence-corrected chi connectivity index (χ3v) is 4.07. The number of aryl methyl sites for hydroxylation is 2. The minimum atomic E-state index is -0.289. The molecular weight excluding hydrogens is 335 g/mol. The van der Waals surface area contributed by atoms with Crippen molar-refractivity contribution in [3.63, 3.8) is 0 Å². The van der Waals surface area contributed by atoms with E-state index < -0.39 is 0 Å². The number of oxime groups is 1. The summed E-state index contributed by atoms with van der Waals surface area (Å²) in [6.07, 6.45) is 1.41. The van der Waals surface area contributed by atoms with Gasteiger partial charge in [0.05, 0.1) is 16.3 Å². The van der Waals surface area contributed by atoms with Crippen molar-refractivity contribution in [1.29, 1.82) is 0 Å². The van der Waals surface area contributed by atoms with Crippen molar-refractivity contribution in [2.24, 2.45) is 5.16 Å². The summed E-state index contributed by atoms with van der Waals surface area (Å²) < 4.78 is 0. The maximum Gasteiger partial charge on any atom is 0.265 e. The van der Waals surface area contributed by atoms with Crippen molar-refractivity contribution in [3.8, 4) is 0 Å². The summed E-state index contributed by atoms with van der Waals surface area (Å²) in [6, 6.07) is 10.9. The highest BCUT2D eigenvalue weighted by molar-refractivity contribution is 6.43. The molecule has 0 spiro atoms. The third kappa shape index (κ3) is 4.98. The Bertz CT molecular complexity index is 745. The summed E-state index contributed by atoms with van der Waals surface area (Å²) in [4.78, 5) is 16.8. The van der Waals surface area contributed by atoms with Gasteiger partial charge in [0.25, 0.3) is 5.91 Å². The first-order valence-electron chi connectivity index (χ1n) is 6.94. The Balaban J connectivity index is 1.86. The van der Waals surface area contributed by atoms with Crippen LogP contribution in [0.5, 0.6) is 0 Å². The summed E-state index contributed by atoms with van der Waals surface area (Å²) in [5, 5.41) is 7.30. The molecule has 0 heterocycles. The maximum absolute atomic E-state index is 11.8. The summed E-state index contributed by atoms with van der Waals surface area (Å²) in [7, 11) is 0. The van der Waals surface area contributed by atoms with Gasteiger partial charge in [0.2, 0.25) is 0 Å². The average molecular weight is 351 g/mol. The molecule has 0 saturated carbocycles. The van der Waals surface area contributed by atoms with Gasteiger partial charge in [0.15, 0.2) is 6.61 Å². The lowest BCUT2D eigenvalue weighted by Crippen LogP contribution is -2.17. The molecule has 120 valence electrons. The highest BCUT2D eigenvalue weighted by Crippen LogP contribution is 2.24. The van der Waals surface area contributed by atoms with Gasteiger partial charge in [-0.15, -0.1) is 0 Å². The zero-order valence-corrected chi connectivity index (χ0v) is 14.3. The molecule has 2 rings (SSSR count). The Kier molecular flexibility index (Phi) is 6.02. The molecular formula is C17H16Cl2N2O2. The Morgan fingerprint density at radius 3 is 2.74 bits per heavy atom. The quantitative estimate of drug-likeness (QED) is 0.632. The van der Waals surface area contributed by atoms with E-state index in [0.29, 0.717) is 15.6 Å². The van der Waals surface area contributed by atoms with Gasteiger partial charge in [-0.3, -0.25) is 4.79 Å². The second-order valence-electron chi connectivity index (χ2n) is 5.00. The van der Waals surface area contributed by atoms with Crippen LogP contribution >= 0.6 is 23.2 Å². The van der Waals surface area contributed by atoms with Crippen LogP contribution in [0.4, 0.5) is 5.69 Å². The van der Waals surface area contributed by atoms with E-state index in [-0.39, 0.29) is 12.5 Å². The Morgan fingerprint density at radius 2 is 2.00 bits per heavy atom. The summed E-state index contributed by atoms with van der Waals surface area (Å²) >= 11 is 11.9. The van der Waals surface area contributed by atoms with E-state index in [2.05, 4.69) is 10.5 Å². The van der Waals surface area contributed by atoms with Crippen molar-refractivity contribution in [3.05, 3.63) is 63.1 Å². The molecule has 0 atom stereocenters. The lowest BCUT2D eigenvalue weighted by molar-refractivity contribution is -0.120. The van der Waals surface area contributed by atoms with E-state index in [4.69, 9.17) is 28.0 Å². The standard InChI is InChI=1S/C17H16Cl2N2O2/c1-11-6-7-14(8-12(11)2)21-16(22)10-23-20-9-13-4-3-5-15(18)17(13)19/h3-9H,10H2,1-2H3,(H,21,22)/b20-9-. The predicted octanol–water partition coefficient (Wildman–Crippen LogP) is 4.60. The van der Waals surface area contributed by atoms with Gasteiger partial charge in [0, 0.05) is 11.3 Å². The molecule has 0 fully saturated rings. The number of benzene rings is 2. The molecule has 0 unspecified atom stereocenters.